The molecule has 5 rings (SSSR count). The van der Waals surface area contributed by atoms with Crippen molar-refractivity contribution < 1.29 is 9.18 Å². The smallest absolute Gasteiger partial charge is 0.227 e. The highest BCUT2D eigenvalue weighted by Crippen LogP contribution is 2.45. The second kappa shape index (κ2) is 10.8. The summed E-state index contributed by atoms with van der Waals surface area (Å²) in [6.07, 6.45) is 12.1. The molecular formula is C31H42FN3O. The van der Waals surface area contributed by atoms with Crippen molar-refractivity contribution in [3.05, 3.63) is 59.4 Å². The molecule has 36 heavy (non-hydrogen) atoms. The monoisotopic (exact) mass is 491 g/mol. The second-order valence-corrected chi connectivity index (χ2v) is 11.7. The number of nitrogens with one attached hydrogen (secondary N) is 3. The van der Waals surface area contributed by atoms with Crippen molar-refractivity contribution in [3.63, 3.8) is 0 Å². The molecule has 1 aliphatic heterocycles. The summed E-state index contributed by atoms with van der Waals surface area (Å²) in [5.41, 5.74) is 3.42. The molecule has 2 fully saturated rings. The van der Waals surface area contributed by atoms with Gasteiger partial charge in [0.1, 0.15) is 11.5 Å². The predicted molar refractivity (Wildman–Crippen MR) is 146 cm³/mol. The summed E-state index contributed by atoms with van der Waals surface area (Å²) in [6, 6.07) is 13.9. The first-order valence-corrected chi connectivity index (χ1v) is 14.2. The maximum Gasteiger partial charge on any atom is 0.227 e. The van der Waals surface area contributed by atoms with Crippen LogP contribution in [-0.2, 0) is 11.2 Å². The van der Waals surface area contributed by atoms with Crippen molar-refractivity contribution in [1.82, 2.24) is 5.32 Å². The number of rotatable bonds is 7. The minimum atomic E-state index is -0.698. The number of carbonyl (C=O) groups is 1. The molecule has 3 aliphatic rings. The highest BCUT2D eigenvalue weighted by Gasteiger charge is 2.50. The molecule has 0 bridgehead atoms. The molecule has 0 radical (unpaired) electrons. The first-order valence-electron chi connectivity index (χ1n) is 14.2. The lowest BCUT2D eigenvalue weighted by Gasteiger charge is -2.44. The number of hydrogen-bond donors (Lipinski definition) is 3. The molecule has 2 saturated carbocycles. The molecule has 194 valence electrons. The van der Waals surface area contributed by atoms with Crippen molar-refractivity contribution in [1.29, 1.82) is 0 Å². The fourth-order valence-electron chi connectivity index (χ4n) is 6.78. The van der Waals surface area contributed by atoms with Gasteiger partial charge in [-0.25, -0.2) is 4.39 Å². The molecule has 0 spiro atoms. The lowest BCUT2D eigenvalue weighted by molar-refractivity contribution is -0.130. The third kappa shape index (κ3) is 5.40. The maximum atomic E-state index is 14.2. The number of hydrogen-bond acceptors (Lipinski definition) is 3. The minimum absolute atomic E-state index is 0.154. The molecule has 2 aromatic carbocycles. The normalized spacial score (nSPS) is 23.6. The van der Waals surface area contributed by atoms with Gasteiger partial charge in [0.25, 0.3) is 0 Å². The molecule has 3 N–H and O–H groups in total. The van der Waals surface area contributed by atoms with E-state index in [4.69, 9.17) is 0 Å². The second-order valence-electron chi connectivity index (χ2n) is 11.7. The standard InChI is InChI=1S/C31H42FN3O/c1-21(2)23-15-13-22(14-16-23)20-31(34-27-18-17-25(32)19-28(27)35-31)29(24-9-5-3-6-10-24)30(36)33-26-11-7-4-8-12-26/h13-19,21,24,26,29,34-35H,3-12,20H2,1-2H3,(H,33,36). The molecule has 0 saturated heterocycles. The van der Waals surface area contributed by atoms with Crippen LogP contribution in [0.5, 0.6) is 0 Å². The van der Waals surface area contributed by atoms with Crippen molar-refractivity contribution >= 4 is 17.3 Å². The Hall–Kier alpha value is -2.56. The largest absolute Gasteiger partial charge is 0.360 e. The molecule has 0 aromatic heterocycles. The third-order valence-corrected chi connectivity index (χ3v) is 8.71. The zero-order valence-corrected chi connectivity index (χ0v) is 21.9. The molecule has 1 heterocycles. The Bertz CT molecular complexity index is 1040. The van der Waals surface area contributed by atoms with E-state index in [1.54, 1.807) is 12.1 Å². The van der Waals surface area contributed by atoms with E-state index in [2.05, 4.69) is 54.1 Å². The van der Waals surface area contributed by atoms with Crippen LogP contribution in [0.25, 0.3) is 0 Å². The Labute approximate surface area is 215 Å². The van der Waals surface area contributed by atoms with Crippen LogP contribution in [0.3, 0.4) is 0 Å². The van der Waals surface area contributed by atoms with Crippen molar-refractivity contribution in [2.24, 2.45) is 11.8 Å². The van der Waals surface area contributed by atoms with Gasteiger partial charge in [-0.1, -0.05) is 76.6 Å². The Kier molecular flexibility index (Phi) is 7.55. The summed E-state index contributed by atoms with van der Waals surface area (Å²) < 4.78 is 14.2. The fourth-order valence-corrected chi connectivity index (χ4v) is 6.78. The van der Waals surface area contributed by atoms with Crippen LogP contribution in [0.1, 0.15) is 95.1 Å². The summed E-state index contributed by atoms with van der Waals surface area (Å²) in [5.74, 6) is 0.400. The fraction of sp³-hybridized carbons (Fsp3) is 0.581. The van der Waals surface area contributed by atoms with Gasteiger partial charge < -0.3 is 16.0 Å². The number of benzene rings is 2. The van der Waals surface area contributed by atoms with E-state index >= 15 is 0 Å². The van der Waals surface area contributed by atoms with Crippen LogP contribution in [0.4, 0.5) is 15.8 Å². The molecule has 1 amide bonds. The third-order valence-electron chi connectivity index (χ3n) is 8.71. The number of carbonyl (C=O) groups excluding carboxylic acids is 1. The summed E-state index contributed by atoms with van der Waals surface area (Å²) in [7, 11) is 0. The van der Waals surface area contributed by atoms with Crippen LogP contribution in [-0.4, -0.2) is 17.6 Å². The summed E-state index contributed by atoms with van der Waals surface area (Å²) >= 11 is 0. The lowest BCUT2D eigenvalue weighted by Crippen LogP contribution is -2.60. The van der Waals surface area contributed by atoms with Crippen LogP contribution >= 0.6 is 0 Å². The molecule has 2 aliphatic carbocycles. The van der Waals surface area contributed by atoms with Crippen LogP contribution in [0, 0.1) is 17.7 Å². The number of anilines is 2. The van der Waals surface area contributed by atoms with Gasteiger partial charge in [0, 0.05) is 12.5 Å². The number of halogens is 1. The first-order chi connectivity index (χ1) is 17.4. The van der Waals surface area contributed by atoms with Gasteiger partial charge in [0.2, 0.25) is 5.91 Å². The minimum Gasteiger partial charge on any atom is -0.360 e. The highest BCUT2D eigenvalue weighted by atomic mass is 19.1. The summed E-state index contributed by atoms with van der Waals surface area (Å²) in [5, 5.41) is 10.9. The Morgan fingerprint density at radius 2 is 1.56 bits per heavy atom. The van der Waals surface area contributed by atoms with Gasteiger partial charge in [-0.2, -0.15) is 0 Å². The zero-order chi connectivity index (χ0) is 25.1. The van der Waals surface area contributed by atoms with Gasteiger partial charge in [-0.15, -0.1) is 0 Å². The van der Waals surface area contributed by atoms with Gasteiger partial charge in [0.05, 0.1) is 17.3 Å². The molecular weight excluding hydrogens is 449 g/mol. The average Bonchev–Trinajstić information content (AvgIpc) is 3.23. The van der Waals surface area contributed by atoms with Crippen LogP contribution in [0.2, 0.25) is 0 Å². The maximum absolute atomic E-state index is 14.2. The van der Waals surface area contributed by atoms with Crippen LogP contribution in [0.15, 0.2) is 42.5 Å². The molecule has 2 atom stereocenters. The van der Waals surface area contributed by atoms with Gasteiger partial charge in [-0.05, 0) is 66.8 Å². The number of fused-ring (bicyclic) bond motifs is 1. The molecule has 2 unspecified atom stereocenters. The van der Waals surface area contributed by atoms with E-state index < -0.39 is 5.66 Å². The zero-order valence-electron chi connectivity index (χ0n) is 21.9. The Morgan fingerprint density at radius 1 is 0.917 bits per heavy atom. The van der Waals surface area contributed by atoms with E-state index in [1.807, 2.05) is 0 Å². The quantitative estimate of drug-likeness (QED) is 0.379. The highest BCUT2D eigenvalue weighted by molar-refractivity contribution is 5.86. The van der Waals surface area contributed by atoms with E-state index in [-0.39, 0.29) is 29.6 Å². The van der Waals surface area contributed by atoms with Crippen molar-refractivity contribution in [2.45, 2.75) is 102 Å². The van der Waals surface area contributed by atoms with Gasteiger partial charge >= 0.3 is 0 Å². The average molecular weight is 492 g/mol. The van der Waals surface area contributed by atoms with E-state index in [0.29, 0.717) is 12.3 Å². The topological polar surface area (TPSA) is 53.2 Å². The summed E-state index contributed by atoms with van der Waals surface area (Å²) in [6.45, 7) is 4.41. The molecule has 4 nitrogen and oxygen atoms in total. The predicted octanol–water partition coefficient (Wildman–Crippen LogP) is 7.37. The molecule has 5 heteroatoms. The Balaban J connectivity index is 1.51. The van der Waals surface area contributed by atoms with Crippen molar-refractivity contribution in [2.75, 3.05) is 10.6 Å². The lowest BCUT2D eigenvalue weighted by atomic mass is 9.71. The first kappa shape index (κ1) is 25.1. The van der Waals surface area contributed by atoms with Crippen molar-refractivity contribution in [3.8, 4) is 0 Å². The number of amides is 1. The van der Waals surface area contributed by atoms with E-state index in [9.17, 15) is 9.18 Å². The van der Waals surface area contributed by atoms with Gasteiger partial charge in [0.15, 0.2) is 0 Å². The summed E-state index contributed by atoms with van der Waals surface area (Å²) in [4.78, 5) is 14.2. The van der Waals surface area contributed by atoms with E-state index in [1.165, 1.54) is 55.7 Å². The molecule has 2 aromatic rings. The Morgan fingerprint density at radius 3 is 2.22 bits per heavy atom. The van der Waals surface area contributed by atoms with Gasteiger partial charge in [-0.3, -0.25) is 4.79 Å². The SMILES string of the molecule is CC(C)c1ccc(CC2(C(C(=O)NC3CCCCC3)C3CCCCC3)Nc3ccc(F)cc3N2)cc1. The van der Waals surface area contributed by atoms with E-state index in [0.717, 1.165) is 37.1 Å². The van der Waals surface area contributed by atoms with Crippen LogP contribution < -0.4 is 16.0 Å².